The predicted octanol–water partition coefficient (Wildman–Crippen LogP) is 1.55. The quantitative estimate of drug-likeness (QED) is 0.269. The molecule has 0 spiro atoms. The average Bonchev–Trinajstić information content (AvgIpc) is 3.24. The summed E-state index contributed by atoms with van der Waals surface area (Å²) in [5.74, 6) is -2.33. The van der Waals surface area contributed by atoms with Gasteiger partial charge in [0.25, 0.3) is 5.91 Å². The van der Waals surface area contributed by atoms with Gasteiger partial charge in [0.1, 0.15) is 5.75 Å². The van der Waals surface area contributed by atoms with Crippen LogP contribution in [-0.2, 0) is 9.59 Å². The van der Waals surface area contributed by atoms with E-state index in [9.17, 15) is 29.7 Å². The molecular weight excluding hydrogens is 509 g/mol. The van der Waals surface area contributed by atoms with Gasteiger partial charge in [-0.3, -0.25) is 19.4 Å². The molecule has 11 nitrogen and oxygen atoms in total. The second kappa shape index (κ2) is 11.4. The van der Waals surface area contributed by atoms with Crippen LogP contribution in [0.2, 0.25) is 10.0 Å². The molecule has 1 aromatic carbocycles. The number of carboxylic acids is 1. The summed E-state index contributed by atoms with van der Waals surface area (Å²) in [6.07, 6.45) is -1.09. The van der Waals surface area contributed by atoms with Crippen LogP contribution >= 0.6 is 34.5 Å². The molecule has 0 saturated carbocycles. The van der Waals surface area contributed by atoms with Gasteiger partial charge in [0.15, 0.2) is 5.96 Å². The number of phenolic OH excluding ortho intramolecular Hbond substituents is 1. The summed E-state index contributed by atoms with van der Waals surface area (Å²) in [7, 11) is 0. The molecule has 0 radical (unpaired) electrons. The molecule has 2 atom stereocenters. The average molecular weight is 530 g/mol. The number of amides is 2. The van der Waals surface area contributed by atoms with Crippen molar-refractivity contribution in [2.75, 3.05) is 25.0 Å². The lowest BCUT2D eigenvalue weighted by molar-refractivity contribution is -0.137. The van der Waals surface area contributed by atoms with E-state index in [1.165, 1.54) is 12.1 Å². The van der Waals surface area contributed by atoms with Gasteiger partial charge < -0.3 is 36.6 Å². The Kier molecular flexibility index (Phi) is 8.56. The van der Waals surface area contributed by atoms with E-state index in [0.29, 0.717) is 23.1 Å². The number of carboxylic acid groups (broad SMARTS) is 1. The van der Waals surface area contributed by atoms with Gasteiger partial charge >= 0.3 is 5.97 Å². The van der Waals surface area contributed by atoms with E-state index < -0.39 is 48.6 Å². The van der Waals surface area contributed by atoms with Crippen LogP contribution in [0.3, 0.4) is 0 Å². The summed E-state index contributed by atoms with van der Waals surface area (Å²) >= 11 is 13.0. The van der Waals surface area contributed by atoms with E-state index in [4.69, 9.17) is 23.2 Å². The minimum Gasteiger partial charge on any atom is -0.506 e. The fourth-order valence-electron chi connectivity index (χ4n) is 3.03. The molecule has 2 unspecified atom stereocenters. The first-order valence-corrected chi connectivity index (χ1v) is 11.5. The van der Waals surface area contributed by atoms with E-state index in [1.807, 2.05) is 0 Å². The normalized spacial score (nSPS) is 16.1. The fraction of sp³-hybridized carbons (Fsp3) is 0.300. The number of guanidine groups is 1. The highest BCUT2D eigenvalue weighted by Gasteiger charge is 2.23. The Balaban J connectivity index is 1.58. The number of nitrogens with zero attached hydrogens (tertiary/aromatic N) is 1. The summed E-state index contributed by atoms with van der Waals surface area (Å²) in [4.78, 5) is 40.5. The number of thiophene rings is 1. The highest BCUT2D eigenvalue weighted by Crippen LogP contribution is 2.36. The number of hydrogen-bond acceptors (Lipinski definition) is 9. The van der Waals surface area contributed by atoms with Gasteiger partial charge in [-0.15, -0.1) is 11.3 Å². The lowest BCUT2D eigenvalue weighted by Crippen LogP contribution is -2.42. The molecule has 0 fully saturated rings. The molecule has 1 aliphatic rings. The number of phenols is 1. The zero-order valence-electron chi connectivity index (χ0n) is 17.5. The molecule has 14 heteroatoms. The molecule has 34 heavy (non-hydrogen) atoms. The molecular formula is C20H21Cl2N5O6S. The molecule has 0 bridgehead atoms. The minimum atomic E-state index is -1.23. The van der Waals surface area contributed by atoms with Crippen molar-refractivity contribution in [1.29, 1.82) is 0 Å². The van der Waals surface area contributed by atoms with Crippen LogP contribution in [0.4, 0.5) is 5.69 Å². The first-order valence-electron chi connectivity index (χ1n) is 9.91. The maximum absolute atomic E-state index is 12.4. The maximum Gasteiger partial charge on any atom is 0.305 e. The molecule has 1 aliphatic heterocycles. The summed E-state index contributed by atoms with van der Waals surface area (Å²) in [6, 6.07) is 3.04. The summed E-state index contributed by atoms with van der Waals surface area (Å²) in [6.45, 7) is 0.196. The third-order valence-corrected chi connectivity index (χ3v) is 6.04. The number of carbonyl (C=O) groups is 3. The monoisotopic (exact) mass is 529 g/mol. The molecule has 2 heterocycles. The number of benzene rings is 1. The third-order valence-electron chi connectivity index (χ3n) is 4.61. The number of halogens is 2. The van der Waals surface area contributed by atoms with Gasteiger partial charge in [0.2, 0.25) is 5.91 Å². The topological polar surface area (TPSA) is 172 Å². The zero-order valence-corrected chi connectivity index (χ0v) is 19.8. The highest BCUT2D eigenvalue weighted by molar-refractivity contribution is 7.12. The molecule has 2 amide bonds. The Morgan fingerprint density at radius 2 is 2.03 bits per heavy atom. The van der Waals surface area contributed by atoms with Gasteiger partial charge in [-0.2, -0.15) is 0 Å². The van der Waals surface area contributed by atoms with Crippen molar-refractivity contribution in [1.82, 2.24) is 16.0 Å². The first-order chi connectivity index (χ1) is 16.1. The lowest BCUT2D eigenvalue weighted by Gasteiger charge is -2.19. The number of aliphatic hydroxyl groups is 1. The summed E-state index contributed by atoms with van der Waals surface area (Å²) in [5, 5.41) is 41.4. The first kappa shape index (κ1) is 25.6. The number of β-amino-alcohol motifs (C(OH)–C–C–N with tert-alkyl or cyclic N) is 1. The fourth-order valence-corrected chi connectivity index (χ4v) is 4.30. The number of aliphatic imine (C=N–C) groups is 1. The third kappa shape index (κ3) is 6.97. The second-order valence-electron chi connectivity index (χ2n) is 7.27. The van der Waals surface area contributed by atoms with E-state index in [2.05, 4.69) is 26.3 Å². The van der Waals surface area contributed by atoms with E-state index in [0.717, 1.165) is 11.3 Å². The maximum atomic E-state index is 12.4. The van der Waals surface area contributed by atoms with Crippen LogP contribution in [-0.4, -0.2) is 64.8 Å². The molecule has 1 aromatic heterocycles. The highest BCUT2D eigenvalue weighted by atomic mass is 35.5. The molecule has 7 N–H and O–H groups in total. The van der Waals surface area contributed by atoms with Crippen molar-refractivity contribution in [3.63, 3.8) is 0 Å². The van der Waals surface area contributed by atoms with E-state index in [1.54, 1.807) is 11.4 Å². The van der Waals surface area contributed by atoms with E-state index >= 15 is 0 Å². The number of aliphatic hydroxyl groups excluding tert-OH is 1. The Hall–Kier alpha value is -3.06. The van der Waals surface area contributed by atoms with Gasteiger partial charge in [-0.25, -0.2) is 0 Å². The standard InChI is InChI=1S/C20H21Cl2N5O6S/c21-9-1-12(18(32)13(22)2-9)14(4-17(30)31)27-16(29)7-23-19(33)15-3-10(8-34-15)26-20-24-5-11(28)6-25-20/h1-3,8,11,14,28,32H,4-7H2,(H,23,33)(H,27,29)(H,30,31)(H2,24,25,26). The van der Waals surface area contributed by atoms with Crippen molar-refractivity contribution in [2.24, 2.45) is 4.99 Å². The van der Waals surface area contributed by atoms with Crippen LogP contribution < -0.4 is 21.3 Å². The predicted molar refractivity (Wildman–Crippen MR) is 128 cm³/mol. The van der Waals surface area contributed by atoms with Crippen molar-refractivity contribution in [2.45, 2.75) is 18.6 Å². The van der Waals surface area contributed by atoms with Gasteiger partial charge in [-0.05, 0) is 18.2 Å². The Labute approximate surface area is 207 Å². The largest absolute Gasteiger partial charge is 0.506 e. The van der Waals surface area contributed by atoms with Crippen LogP contribution in [0, 0.1) is 0 Å². The van der Waals surface area contributed by atoms with Crippen LogP contribution in [0.15, 0.2) is 28.6 Å². The van der Waals surface area contributed by atoms with Crippen molar-refractivity contribution in [3.8, 4) is 5.75 Å². The number of nitrogens with one attached hydrogen (secondary N) is 4. The number of rotatable bonds is 8. The Bertz CT molecular complexity index is 1120. The molecule has 2 aromatic rings. The van der Waals surface area contributed by atoms with Crippen LogP contribution in [0.1, 0.15) is 27.7 Å². The molecule has 3 rings (SSSR count). The van der Waals surface area contributed by atoms with Crippen LogP contribution in [0.25, 0.3) is 0 Å². The number of anilines is 1. The van der Waals surface area contributed by atoms with Crippen LogP contribution in [0.5, 0.6) is 5.75 Å². The number of hydrogen-bond donors (Lipinski definition) is 7. The van der Waals surface area contributed by atoms with E-state index in [-0.39, 0.29) is 22.2 Å². The zero-order chi connectivity index (χ0) is 24.8. The summed E-state index contributed by atoms with van der Waals surface area (Å²) in [5.41, 5.74) is 0.650. The lowest BCUT2D eigenvalue weighted by atomic mass is 10.0. The molecule has 0 saturated heterocycles. The van der Waals surface area contributed by atoms with Gasteiger partial charge in [-0.1, -0.05) is 23.2 Å². The van der Waals surface area contributed by atoms with Gasteiger partial charge in [0, 0.05) is 22.5 Å². The Morgan fingerprint density at radius 1 is 1.26 bits per heavy atom. The number of aromatic hydroxyl groups is 1. The molecule has 182 valence electrons. The second-order valence-corrected chi connectivity index (χ2v) is 9.03. The number of aliphatic carboxylic acids is 1. The minimum absolute atomic E-state index is 0.0419. The van der Waals surface area contributed by atoms with Gasteiger partial charge in [0.05, 0.1) is 47.2 Å². The Morgan fingerprint density at radius 3 is 2.71 bits per heavy atom. The summed E-state index contributed by atoms with van der Waals surface area (Å²) < 4.78 is 0. The molecule has 0 aliphatic carbocycles. The smallest absolute Gasteiger partial charge is 0.305 e. The SMILES string of the molecule is O=C(O)CC(NC(=O)CNC(=O)c1cc(NC2=NCC(O)CN2)cs1)c1cc(Cl)cc(Cl)c1O. The number of carbonyl (C=O) groups excluding carboxylic acids is 2. The van der Waals surface area contributed by atoms with Crippen molar-refractivity contribution >= 4 is 64.0 Å². The van der Waals surface area contributed by atoms with Crippen molar-refractivity contribution < 1.29 is 29.7 Å². The van der Waals surface area contributed by atoms with Crippen molar-refractivity contribution in [3.05, 3.63) is 44.1 Å².